The van der Waals surface area contributed by atoms with E-state index in [0.717, 1.165) is 12.8 Å². The van der Waals surface area contributed by atoms with Crippen LogP contribution in [0.15, 0.2) is 12.2 Å². The number of carboxylic acids is 1. The maximum absolute atomic E-state index is 11.0. The average molecular weight is 194 g/mol. The van der Waals surface area contributed by atoms with Crippen LogP contribution in [0.3, 0.4) is 0 Å². The fraction of sp³-hybridized carbons (Fsp3) is 0.750. The molecule has 0 radical (unpaired) electrons. The Morgan fingerprint density at radius 3 is 2.93 bits per heavy atom. The van der Waals surface area contributed by atoms with Gasteiger partial charge >= 0.3 is 5.97 Å². The summed E-state index contributed by atoms with van der Waals surface area (Å²) in [6.45, 7) is 2.19. The van der Waals surface area contributed by atoms with E-state index in [0.29, 0.717) is 5.92 Å². The van der Waals surface area contributed by atoms with Crippen molar-refractivity contribution in [2.24, 2.45) is 17.3 Å². The monoisotopic (exact) mass is 194 g/mol. The fourth-order valence-electron chi connectivity index (χ4n) is 3.04. The predicted octanol–water partition coefficient (Wildman–Crippen LogP) is 2.84. The molecule has 2 bridgehead atoms. The van der Waals surface area contributed by atoms with Crippen LogP contribution in [0.25, 0.3) is 0 Å². The second-order valence-corrected chi connectivity index (χ2v) is 4.84. The Bertz CT molecular complexity index is 269. The first-order chi connectivity index (χ1) is 6.67. The topological polar surface area (TPSA) is 37.3 Å². The van der Waals surface area contributed by atoms with Crippen LogP contribution < -0.4 is 0 Å². The van der Waals surface area contributed by atoms with Gasteiger partial charge in [0.1, 0.15) is 0 Å². The quantitative estimate of drug-likeness (QED) is 0.699. The minimum atomic E-state index is -0.599. The van der Waals surface area contributed by atoms with Gasteiger partial charge < -0.3 is 5.11 Å². The highest BCUT2D eigenvalue weighted by Gasteiger charge is 2.48. The molecule has 2 heteroatoms. The average Bonchev–Trinajstić information content (AvgIpc) is 2.72. The summed E-state index contributed by atoms with van der Waals surface area (Å²) in [5, 5.41) is 9.04. The highest BCUT2D eigenvalue weighted by atomic mass is 16.4. The van der Waals surface area contributed by atoms with Crippen molar-refractivity contribution >= 4 is 5.97 Å². The molecule has 0 aromatic heterocycles. The molecule has 14 heavy (non-hydrogen) atoms. The van der Waals surface area contributed by atoms with Gasteiger partial charge in [0.25, 0.3) is 0 Å². The number of rotatable bonds is 4. The fourth-order valence-corrected chi connectivity index (χ4v) is 3.04. The molecule has 1 saturated carbocycles. The lowest BCUT2D eigenvalue weighted by Crippen LogP contribution is -2.20. The van der Waals surface area contributed by atoms with Gasteiger partial charge in [0.15, 0.2) is 0 Å². The van der Waals surface area contributed by atoms with Gasteiger partial charge in [-0.1, -0.05) is 31.9 Å². The van der Waals surface area contributed by atoms with Crippen LogP contribution in [0.4, 0.5) is 0 Å². The number of hydrogen-bond donors (Lipinski definition) is 1. The van der Waals surface area contributed by atoms with Gasteiger partial charge in [-0.05, 0) is 30.6 Å². The van der Waals surface area contributed by atoms with Crippen LogP contribution >= 0.6 is 0 Å². The molecular weight excluding hydrogens is 176 g/mol. The molecule has 78 valence electrons. The molecule has 0 heterocycles. The zero-order valence-corrected chi connectivity index (χ0v) is 8.70. The second-order valence-electron chi connectivity index (χ2n) is 4.84. The van der Waals surface area contributed by atoms with Crippen molar-refractivity contribution in [1.29, 1.82) is 0 Å². The molecule has 1 N–H and O–H groups in total. The molecule has 2 rings (SSSR count). The number of carboxylic acid groups (broad SMARTS) is 1. The maximum atomic E-state index is 11.0. The van der Waals surface area contributed by atoms with Gasteiger partial charge in [0.2, 0.25) is 0 Å². The van der Waals surface area contributed by atoms with Gasteiger partial charge in [-0.25, -0.2) is 0 Å². The molecular formula is C12H18O2. The first-order valence-electron chi connectivity index (χ1n) is 5.59. The van der Waals surface area contributed by atoms with Crippen molar-refractivity contribution in [1.82, 2.24) is 0 Å². The van der Waals surface area contributed by atoms with E-state index >= 15 is 0 Å². The van der Waals surface area contributed by atoms with Gasteiger partial charge in [-0.2, -0.15) is 0 Å². The molecule has 0 amide bonds. The van der Waals surface area contributed by atoms with Gasteiger partial charge in [-0.15, -0.1) is 0 Å². The predicted molar refractivity (Wildman–Crippen MR) is 54.9 cm³/mol. The standard InChI is InChI=1S/C12H18O2/c1-2-3-5-12-6-4-9(7-12)10(8-12)11(13)14/h4,6,9-10H,2-3,5,7-8H2,1H3,(H,13,14). The van der Waals surface area contributed by atoms with Crippen LogP contribution in [0, 0.1) is 17.3 Å². The van der Waals surface area contributed by atoms with Crippen LogP contribution in [0.2, 0.25) is 0 Å². The van der Waals surface area contributed by atoms with E-state index in [1.54, 1.807) is 0 Å². The lowest BCUT2D eigenvalue weighted by molar-refractivity contribution is -0.142. The highest BCUT2D eigenvalue weighted by Crippen LogP contribution is 2.55. The van der Waals surface area contributed by atoms with Crippen molar-refractivity contribution in [3.05, 3.63) is 12.2 Å². The largest absolute Gasteiger partial charge is 0.481 e. The van der Waals surface area contributed by atoms with E-state index in [2.05, 4.69) is 19.1 Å². The van der Waals surface area contributed by atoms with Crippen LogP contribution in [0.1, 0.15) is 39.0 Å². The lowest BCUT2D eigenvalue weighted by atomic mass is 9.80. The van der Waals surface area contributed by atoms with E-state index in [1.807, 2.05) is 0 Å². The van der Waals surface area contributed by atoms with Crippen LogP contribution in [0.5, 0.6) is 0 Å². The van der Waals surface area contributed by atoms with Crippen molar-refractivity contribution in [2.75, 3.05) is 0 Å². The molecule has 1 fully saturated rings. The van der Waals surface area contributed by atoms with Crippen molar-refractivity contribution < 1.29 is 9.90 Å². The first-order valence-corrected chi connectivity index (χ1v) is 5.59. The van der Waals surface area contributed by atoms with E-state index in [1.165, 1.54) is 19.3 Å². The van der Waals surface area contributed by atoms with E-state index in [9.17, 15) is 4.79 Å². The third-order valence-electron chi connectivity index (χ3n) is 3.83. The Kier molecular flexibility index (Phi) is 2.38. The SMILES string of the molecule is CCCCC12C=CC(C1)C(C(=O)O)C2. The van der Waals surface area contributed by atoms with Crippen molar-refractivity contribution in [3.63, 3.8) is 0 Å². The van der Waals surface area contributed by atoms with Crippen LogP contribution in [-0.4, -0.2) is 11.1 Å². The van der Waals surface area contributed by atoms with Crippen molar-refractivity contribution in [3.8, 4) is 0 Å². The van der Waals surface area contributed by atoms with Gasteiger partial charge in [0, 0.05) is 0 Å². The Labute approximate surface area is 85.0 Å². The summed E-state index contributed by atoms with van der Waals surface area (Å²) in [4.78, 5) is 11.0. The smallest absolute Gasteiger partial charge is 0.307 e. The molecule has 3 unspecified atom stereocenters. The molecule has 0 aromatic carbocycles. The Balaban J connectivity index is 2.04. The number of aliphatic carboxylic acids is 1. The summed E-state index contributed by atoms with van der Waals surface area (Å²) in [5.74, 6) is -0.376. The summed E-state index contributed by atoms with van der Waals surface area (Å²) in [5.41, 5.74) is 0.254. The van der Waals surface area contributed by atoms with Gasteiger partial charge in [0.05, 0.1) is 5.92 Å². The maximum Gasteiger partial charge on any atom is 0.307 e. The van der Waals surface area contributed by atoms with E-state index in [4.69, 9.17) is 5.11 Å². The Hall–Kier alpha value is -0.790. The van der Waals surface area contributed by atoms with E-state index < -0.39 is 5.97 Å². The third-order valence-corrected chi connectivity index (χ3v) is 3.83. The zero-order chi connectivity index (χ0) is 10.2. The molecule has 2 aliphatic rings. The highest BCUT2D eigenvalue weighted by molar-refractivity contribution is 5.72. The summed E-state index contributed by atoms with van der Waals surface area (Å²) >= 11 is 0. The first kappa shape index (κ1) is 9.75. The van der Waals surface area contributed by atoms with E-state index in [-0.39, 0.29) is 11.3 Å². The lowest BCUT2D eigenvalue weighted by Gasteiger charge is -2.24. The number of hydrogen-bond acceptors (Lipinski definition) is 1. The summed E-state index contributed by atoms with van der Waals surface area (Å²) in [6.07, 6.45) is 10.00. The van der Waals surface area contributed by atoms with Gasteiger partial charge in [-0.3, -0.25) is 4.79 Å². The number of unbranched alkanes of at least 4 members (excludes halogenated alkanes) is 1. The van der Waals surface area contributed by atoms with Crippen LogP contribution in [-0.2, 0) is 4.79 Å². The molecule has 3 atom stereocenters. The second kappa shape index (κ2) is 3.41. The normalized spacial score (nSPS) is 39.2. The third kappa shape index (κ3) is 1.47. The minimum absolute atomic E-state index is 0.100. The molecule has 2 nitrogen and oxygen atoms in total. The zero-order valence-electron chi connectivity index (χ0n) is 8.70. The number of allylic oxidation sites excluding steroid dienone is 2. The molecule has 0 saturated heterocycles. The number of carbonyl (C=O) groups is 1. The Morgan fingerprint density at radius 1 is 1.57 bits per heavy atom. The molecule has 0 aromatic rings. The summed E-state index contributed by atoms with van der Waals surface area (Å²) in [6, 6.07) is 0. The molecule has 0 aliphatic heterocycles. The molecule has 2 aliphatic carbocycles. The Morgan fingerprint density at radius 2 is 2.36 bits per heavy atom. The molecule has 0 spiro atoms. The minimum Gasteiger partial charge on any atom is -0.481 e. The summed E-state index contributed by atoms with van der Waals surface area (Å²) in [7, 11) is 0. The van der Waals surface area contributed by atoms with Crippen molar-refractivity contribution in [2.45, 2.75) is 39.0 Å². The summed E-state index contributed by atoms with van der Waals surface area (Å²) < 4.78 is 0. The number of fused-ring (bicyclic) bond motifs is 2.